The Bertz CT molecular complexity index is 230. The molecule has 0 amide bonds. The quantitative estimate of drug-likeness (QED) is 0.694. The second-order valence-corrected chi connectivity index (χ2v) is 5.50. The lowest BCUT2D eigenvalue weighted by atomic mass is 10.0. The predicted octanol–water partition coefficient (Wildman–Crippen LogP) is 3.85. The van der Waals surface area contributed by atoms with Crippen molar-refractivity contribution in [3.05, 3.63) is 22.4 Å². The van der Waals surface area contributed by atoms with E-state index in [1.54, 1.807) is 0 Å². The van der Waals surface area contributed by atoms with Crippen LogP contribution in [0.5, 0.6) is 0 Å². The molecule has 2 atom stereocenters. The van der Waals surface area contributed by atoms with Gasteiger partial charge in [0.05, 0.1) is 0 Å². The van der Waals surface area contributed by atoms with Gasteiger partial charge < -0.3 is 0 Å². The minimum absolute atomic E-state index is 0.775. The molecular formula is C10H13BrS. The highest BCUT2D eigenvalue weighted by atomic mass is 79.9. The minimum Gasteiger partial charge on any atom is -0.152 e. The van der Waals surface area contributed by atoms with Crippen molar-refractivity contribution >= 4 is 27.3 Å². The van der Waals surface area contributed by atoms with Crippen LogP contribution in [0.2, 0.25) is 0 Å². The summed E-state index contributed by atoms with van der Waals surface area (Å²) in [5.41, 5.74) is 1.52. The fraction of sp³-hybridized carbons (Fsp3) is 0.600. The van der Waals surface area contributed by atoms with Gasteiger partial charge in [0.25, 0.3) is 0 Å². The van der Waals surface area contributed by atoms with Gasteiger partial charge in [0.1, 0.15) is 0 Å². The van der Waals surface area contributed by atoms with E-state index in [4.69, 9.17) is 0 Å². The number of rotatable bonds is 2. The molecule has 1 aliphatic carbocycles. The van der Waals surface area contributed by atoms with Crippen molar-refractivity contribution in [1.82, 2.24) is 0 Å². The highest BCUT2D eigenvalue weighted by Crippen LogP contribution is 2.34. The zero-order chi connectivity index (χ0) is 8.39. The number of halogens is 1. The largest absolute Gasteiger partial charge is 0.152 e. The van der Waals surface area contributed by atoms with Crippen LogP contribution in [0, 0.1) is 5.92 Å². The van der Waals surface area contributed by atoms with E-state index in [9.17, 15) is 0 Å². The van der Waals surface area contributed by atoms with Crippen LogP contribution < -0.4 is 0 Å². The molecule has 2 rings (SSSR count). The third kappa shape index (κ3) is 1.91. The first-order chi connectivity index (χ1) is 5.86. The highest BCUT2D eigenvalue weighted by molar-refractivity contribution is 9.09. The molecule has 0 aromatic carbocycles. The Morgan fingerprint density at radius 1 is 1.50 bits per heavy atom. The summed E-state index contributed by atoms with van der Waals surface area (Å²) in [4.78, 5) is 0.775. The summed E-state index contributed by atoms with van der Waals surface area (Å²) in [6.45, 7) is 0. The fourth-order valence-corrected chi connectivity index (χ4v) is 3.39. The van der Waals surface area contributed by atoms with Crippen molar-refractivity contribution in [2.75, 3.05) is 0 Å². The van der Waals surface area contributed by atoms with Gasteiger partial charge in [-0.1, -0.05) is 22.4 Å². The monoisotopic (exact) mass is 244 g/mol. The first-order valence-electron chi connectivity index (χ1n) is 4.51. The van der Waals surface area contributed by atoms with Gasteiger partial charge in [-0.2, -0.15) is 11.3 Å². The fourth-order valence-electron chi connectivity index (χ4n) is 1.93. The van der Waals surface area contributed by atoms with Crippen molar-refractivity contribution in [3.8, 4) is 0 Å². The predicted molar refractivity (Wildman–Crippen MR) is 58.1 cm³/mol. The first kappa shape index (κ1) is 8.76. The van der Waals surface area contributed by atoms with E-state index in [0.29, 0.717) is 0 Å². The average Bonchev–Trinajstić information content (AvgIpc) is 2.65. The zero-order valence-corrected chi connectivity index (χ0v) is 9.40. The molecule has 0 bridgehead atoms. The van der Waals surface area contributed by atoms with Crippen LogP contribution in [0.3, 0.4) is 0 Å². The van der Waals surface area contributed by atoms with Crippen molar-refractivity contribution < 1.29 is 0 Å². The Balaban J connectivity index is 1.95. The van der Waals surface area contributed by atoms with E-state index in [1.165, 1.54) is 31.2 Å². The van der Waals surface area contributed by atoms with E-state index in [0.717, 1.165) is 10.7 Å². The molecule has 1 aromatic heterocycles. The smallest absolute Gasteiger partial charge is 0.0177 e. The lowest BCUT2D eigenvalue weighted by Gasteiger charge is -2.11. The Hall–Kier alpha value is 0.180. The van der Waals surface area contributed by atoms with Crippen LogP contribution in [0.15, 0.2) is 16.8 Å². The van der Waals surface area contributed by atoms with Gasteiger partial charge in [0.15, 0.2) is 0 Å². The molecule has 66 valence electrons. The minimum atomic E-state index is 0.775. The molecule has 0 saturated heterocycles. The summed E-state index contributed by atoms with van der Waals surface area (Å²) < 4.78 is 0. The number of hydrogen-bond acceptors (Lipinski definition) is 1. The molecule has 12 heavy (non-hydrogen) atoms. The second kappa shape index (κ2) is 3.93. The lowest BCUT2D eigenvalue weighted by Crippen LogP contribution is -2.08. The van der Waals surface area contributed by atoms with E-state index in [-0.39, 0.29) is 0 Å². The third-order valence-electron chi connectivity index (χ3n) is 2.64. The SMILES string of the molecule is BrC1CCCC1Cc1ccsc1. The van der Waals surface area contributed by atoms with Gasteiger partial charge in [0.2, 0.25) is 0 Å². The van der Waals surface area contributed by atoms with Gasteiger partial charge in [-0.05, 0) is 47.6 Å². The maximum absolute atomic E-state index is 3.75. The molecule has 2 heteroatoms. The standard InChI is InChI=1S/C10H13BrS/c11-10-3-1-2-9(10)6-8-4-5-12-7-8/h4-5,7,9-10H,1-3,6H2. The third-order valence-corrected chi connectivity index (χ3v) is 4.58. The van der Waals surface area contributed by atoms with Crippen LogP contribution in [-0.4, -0.2) is 4.83 Å². The van der Waals surface area contributed by atoms with E-state index < -0.39 is 0 Å². The van der Waals surface area contributed by atoms with Crippen LogP contribution >= 0.6 is 27.3 Å². The maximum Gasteiger partial charge on any atom is 0.0177 e. The lowest BCUT2D eigenvalue weighted by molar-refractivity contribution is 0.563. The molecule has 1 aliphatic rings. The van der Waals surface area contributed by atoms with Gasteiger partial charge in [-0.15, -0.1) is 0 Å². The number of thiophene rings is 1. The summed E-state index contributed by atoms with van der Waals surface area (Å²) in [5.74, 6) is 0.889. The van der Waals surface area contributed by atoms with Crippen molar-refractivity contribution in [1.29, 1.82) is 0 Å². The molecule has 1 fully saturated rings. The molecule has 1 saturated carbocycles. The van der Waals surface area contributed by atoms with E-state index in [2.05, 4.69) is 32.8 Å². The second-order valence-electron chi connectivity index (χ2n) is 3.54. The summed E-state index contributed by atoms with van der Waals surface area (Å²) in [7, 11) is 0. The normalized spacial score (nSPS) is 29.4. The van der Waals surface area contributed by atoms with Gasteiger partial charge in [0, 0.05) is 4.83 Å². The van der Waals surface area contributed by atoms with E-state index in [1.807, 2.05) is 11.3 Å². The van der Waals surface area contributed by atoms with Crippen LogP contribution in [0.4, 0.5) is 0 Å². The van der Waals surface area contributed by atoms with Crippen LogP contribution in [0.1, 0.15) is 24.8 Å². The molecule has 0 radical (unpaired) electrons. The summed E-state index contributed by atoms with van der Waals surface area (Å²) in [6, 6.07) is 2.25. The number of hydrogen-bond donors (Lipinski definition) is 0. The molecule has 0 aliphatic heterocycles. The van der Waals surface area contributed by atoms with E-state index >= 15 is 0 Å². The highest BCUT2D eigenvalue weighted by Gasteiger charge is 2.24. The van der Waals surface area contributed by atoms with Crippen molar-refractivity contribution in [2.24, 2.45) is 5.92 Å². The Morgan fingerprint density at radius 2 is 2.42 bits per heavy atom. The van der Waals surface area contributed by atoms with Gasteiger partial charge in [-0.25, -0.2) is 0 Å². The Labute approximate surface area is 86.1 Å². The van der Waals surface area contributed by atoms with Crippen LogP contribution in [0.25, 0.3) is 0 Å². The molecule has 1 aromatic rings. The number of alkyl halides is 1. The Kier molecular flexibility index (Phi) is 2.87. The summed E-state index contributed by atoms with van der Waals surface area (Å²) in [5, 5.41) is 4.45. The molecule has 0 N–H and O–H groups in total. The van der Waals surface area contributed by atoms with Crippen molar-refractivity contribution in [2.45, 2.75) is 30.5 Å². The Morgan fingerprint density at radius 3 is 3.00 bits per heavy atom. The zero-order valence-electron chi connectivity index (χ0n) is 7.00. The molecule has 1 heterocycles. The van der Waals surface area contributed by atoms with Crippen molar-refractivity contribution in [3.63, 3.8) is 0 Å². The van der Waals surface area contributed by atoms with Crippen LogP contribution in [-0.2, 0) is 6.42 Å². The van der Waals surface area contributed by atoms with Gasteiger partial charge in [-0.3, -0.25) is 0 Å². The summed E-state index contributed by atoms with van der Waals surface area (Å²) in [6.07, 6.45) is 5.46. The molecule has 0 nitrogen and oxygen atoms in total. The molecule has 2 unspecified atom stereocenters. The topological polar surface area (TPSA) is 0 Å². The average molecular weight is 245 g/mol. The first-order valence-corrected chi connectivity index (χ1v) is 6.37. The molecular weight excluding hydrogens is 232 g/mol. The summed E-state index contributed by atoms with van der Waals surface area (Å²) >= 11 is 5.56. The maximum atomic E-state index is 3.75. The molecule has 0 spiro atoms. The van der Waals surface area contributed by atoms with Gasteiger partial charge >= 0.3 is 0 Å².